The molecule has 0 aliphatic rings. The zero-order chi connectivity index (χ0) is 19.6. The molecule has 25 heavy (non-hydrogen) atoms. The van der Waals surface area contributed by atoms with Crippen molar-refractivity contribution in [1.29, 1.82) is 0 Å². The van der Waals surface area contributed by atoms with Crippen LogP contribution < -0.4 is 5.32 Å². The Kier molecular flexibility index (Phi) is 6.78. The highest BCUT2D eigenvalue weighted by atomic mass is 32.2. The van der Waals surface area contributed by atoms with E-state index in [0.29, 0.717) is 17.7 Å². The molecule has 0 fully saturated rings. The molecule has 0 aliphatic heterocycles. The van der Waals surface area contributed by atoms with E-state index in [1.165, 1.54) is 20.2 Å². The Morgan fingerprint density at radius 2 is 1.68 bits per heavy atom. The Hall–Kier alpha value is -1.44. The summed E-state index contributed by atoms with van der Waals surface area (Å²) in [6, 6.07) is 3.20. The zero-order valence-corrected chi connectivity index (χ0v) is 17.4. The number of hydrogen-bond donors (Lipinski definition) is 1. The molecular formula is C18H31N3O3S. The summed E-state index contributed by atoms with van der Waals surface area (Å²) in [5.41, 5.74) is 1.72. The van der Waals surface area contributed by atoms with Gasteiger partial charge in [-0.15, -0.1) is 0 Å². The number of rotatable bonds is 7. The Morgan fingerprint density at radius 3 is 2.16 bits per heavy atom. The first kappa shape index (κ1) is 21.6. The highest BCUT2D eigenvalue weighted by molar-refractivity contribution is 7.89. The molecule has 1 aromatic carbocycles. The molecule has 1 amide bonds. The monoisotopic (exact) mass is 369 g/mol. The van der Waals surface area contributed by atoms with E-state index in [1.54, 1.807) is 13.0 Å². The average Bonchev–Trinajstić information content (AvgIpc) is 2.45. The normalized spacial score (nSPS) is 12.7. The molecule has 1 aromatic rings. The van der Waals surface area contributed by atoms with Gasteiger partial charge in [0.2, 0.25) is 10.0 Å². The first-order valence-electron chi connectivity index (χ1n) is 8.24. The molecule has 142 valence electrons. The van der Waals surface area contributed by atoms with Crippen LogP contribution in [-0.2, 0) is 10.0 Å². The van der Waals surface area contributed by atoms with Crippen LogP contribution >= 0.6 is 0 Å². The molecule has 1 N–H and O–H groups in total. The number of sulfonamides is 1. The maximum absolute atomic E-state index is 12.6. The van der Waals surface area contributed by atoms with Gasteiger partial charge in [0.25, 0.3) is 5.91 Å². The van der Waals surface area contributed by atoms with E-state index in [2.05, 4.69) is 24.1 Å². The van der Waals surface area contributed by atoms with E-state index in [1.807, 2.05) is 21.0 Å². The number of amides is 1. The minimum Gasteiger partial charge on any atom is -0.351 e. The van der Waals surface area contributed by atoms with Crippen LogP contribution in [0.25, 0.3) is 0 Å². The van der Waals surface area contributed by atoms with E-state index >= 15 is 0 Å². The summed E-state index contributed by atoms with van der Waals surface area (Å²) in [5.74, 6) is -0.259. The van der Waals surface area contributed by atoms with Gasteiger partial charge in [-0.25, -0.2) is 12.7 Å². The van der Waals surface area contributed by atoms with Crippen molar-refractivity contribution in [2.75, 3.05) is 41.3 Å². The maximum Gasteiger partial charge on any atom is 0.251 e. The van der Waals surface area contributed by atoms with Gasteiger partial charge in [0, 0.05) is 32.7 Å². The number of nitrogens with one attached hydrogen (secondary N) is 1. The SMILES string of the molecule is Cc1cc(C(=O)NCC(C)(C)CN(C)C)cc(S(=O)(=O)N(C)C)c1C. The van der Waals surface area contributed by atoms with Crippen molar-refractivity contribution in [3.63, 3.8) is 0 Å². The van der Waals surface area contributed by atoms with Crippen molar-refractivity contribution in [3.8, 4) is 0 Å². The van der Waals surface area contributed by atoms with Gasteiger partial charge in [-0.1, -0.05) is 13.8 Å². The summed E-state index contributed by atoms with van der Waals surface area (Å²) >= 11 is 0. The molecule has 0 saturated heterocycles. The minimum absolute atomic E-state index is 0.0859. The molecule has 0 saturated carbocycles. The maximum atomic E-state index is 12.6. The van der Waals surface area contributed by atoms with Crippen LogP contribution in [-0.4, -0.2) is 64.8 Å². The van der Waals surface area contributed by atoms with E-state index in [9.17, 15) is 13.2 Å². The molecular weight excluding hydrogens is 338 g/mol. The summed E-state index contributed by atoms with van der Waals surface area (Å²) in [6.45, 7) is 9.07. The highest BCUT2D eigenvalue weighted by Gasteiger charge is 2.24. The van der Waals surface area contributed by atoms with Crippen LogP contribution in [0.15, 0.2) is 17.0 Å². The van der Waals surface area contributed by atoms with Crippen LogP contribution in [0.4, 0.5) is 0 Å². The van der Waals surface area contributed by atoms with E-state index in [4.69, 9.17) is 0 Å². The van der Waals surface area contributed by atoms with Gasteiger partial charge >= 0.3 is 0 Å². The fourth-order valence-corrected chi connectivity index (χ4v) is 3.97. The minimum atomic E-state index is -3.60. The molecule has 0 spiro atoms. The molecule has 0 heterocycles. The van der Waals surface area contributed by atoms with Gasteiger partial charge < -0.3 is 10.2 Å². The lowest BCUT2D eigenvalue weighted by Crippen LogP contribution is -2.40. The predicted octanol–water partition coefficient (Wildman–Crippen LogP) is 1.87. The number of hydrogen-bond acceptors (Lipinski definition) is 4. The van der Waals surface area contributed by atoms with E-state index < -0.39 is 10.0 Å². The van der Waals surface area contributed by atoms with Crippen LogP contribution in [0, 0.1) is 19.3 Å². The second-order valence-electron chi connectivity index (χ2n) is 7.79. The quantitative estimate of drug-likeness (QED) is 0.797. The fourth-order valence-electron chi connectivity index (χ4n) is 2.76. The molecule has 0 aromatic heterocycles. The summed E-state index contributed by atoms with van der Waals surface area (Å²) in [4.78, 5) is 14.8. The third-order valence-corrected chi connectivity index (χ3v) is 6.05. The third kappa shape index (κ3) is 5.52. The van der Waals surface area contributed by atoms with Gasteiger partial charge in [0.05, 0.1) is 4.90 Å². The molecule has 0 bridgehead atoms. The van der Waals surface area contributed by atoms with Gasteiger partial charge in [0.15, 0.2) is 0 Å². The van der Waals surface area contributed by atoms with Crippen molar-refractivity contribution >= 4 is 15.9 Å². The Bertz CT molecular complexity index is 738. The Labute approximate surface area is 152 Å². The molecule has 0 atom stereocenters. The topological polar surface area (TPSA) is 69.7 Å². The lowest BCUT2D eigenvalue weighted by atomic mass is 9.93. The summed E-state index contributed by atoms with van der Waals surface area (Å²) in [6.07, 6.45) is 0. The van der Waals surface area contributed by atoms with Crippen molar-refractivity contribution in [3.05, 3.63) is 28.8 Å². The lowest BCUT2D eigenvalue weighted by Gasteiger charge is -2.28. The fraction of sp³-hybridized carbons (Fsp3) is 0.611. The molecule has 0 radical (unpaired) electrons. The van der Waals surface area contributed by atoms with Crippen molar-refractivity contribution in [1.82, 2.24) is 14.5 Å². The Morgan fingerprint density at radius 1 is 1.12 bits per heavy atom. The predicted molar refractivity (Wildman–Crippen MR) is 101 cm³/mol. The number of carbonyl (C=O) groups is 1. The van der Waals surface area contributed by atoms with Crippen molar-refractivity contribution in [2.45, 2.75) is 32.6 Å². The largest absolute Gasteiger partial charge is 0.351 e. The van der Waals surface area contributed by atoms with Gasteiger partial charge in [-0.05, 0) is 56.6 Å². The van der Waals surface area contributed by atoms with Crippen LogP contribution in [0.3, 0.4) is 0 Å². The van der Waals surface area contributed by atoms with Crippen molar-refractivity contribution < 1.29 is 13.2 Å². The molecule has 0 aliphatic carbocycles. The van der Waals surface area contributed by atoms with Gasteiger partial charge in [-0.3, -0.25) is 4.79 Å². The number of carbonyl (C=O) groups excluding carboxylic acids is 1. The Balaban J connectivity index is 3.11. The van der Waals surface area contributed by atoms with Gasteiger partial charge in [0.1, 0.15) is 0 Å². The summed E-state index contributed by atoms with van der Waals surface area (Å²) in [5, 5.41) is 2.93. The number of aryl methyl sites for hydroxylation is 1. The third-order valence-electron chi connectivity index (χ3n) is 4.11. The van der Waals surface area contributed by atoms with Crippen molar-refractivity contribution in [2.24, 2.45) is 5.41 Å². The van der Waals surface area contributed by atoms with Crippen LogP contribution in [0.1, 0.15) is 35.3 Å². The summed E-state index contributed by atoms with van der Waals surface area (Å²) < 4.78 is 26.2. The second-order valence-corrected chi connectivity index (χ2v) is 9.91. The van der Waals surface area contributed by atoms with Crippen LogP contribution in [0.5, 0.6) is 0 Å². The van der Waals surface area contributed by atoms with Crippen LogP contribution in [0.2, 0.25) is 0 Å². The number of benzene rings is 1. The summed E-state index contributed by atoms with van der Waals surface area (Å²) in [7, 11) is 3.36. The first-order valence-corrected chi connectivity index (χ1v) is 9.68. The smallest absolute Gasteiger partial charge is 0.251 e. The van der Waals surface area contributed by atoms with E-state index in [-0.39, 0.29) is 16.2 Å². The zero-order valence-electron chi connectivity index (χ0n) is 16.6. The molecule has 1 rings (SSSR count). The molecule has 7 heteroatoms. The van der Waals surface area contributed by atoms with Gasteiger partial charge in [-0.2, -0.15) is 0 Å². The first-order chi connectivity index (χ1) is 11.3. The molecule has 6 nitrogen and oxygen atoms in total. The standard InChI is InChI=1S/C18H31N3O3S/c1-13-9-15(10-16(14(13)2)25(23,24)21(7)8)17(22)19-11-18(3,4)12-20(5)6/h9-10H,11-12H2,1-8H3,(H,19,22). The molecule has 0 unspecified atom stereocenters. The highest BCUT2D eigenvalue weighted by Crippen LogP contribution is 2.23. The second kappa shape index (κ2) is 7.85. The number of nitrogens with zero attached hydrogens (tertiary/aromatic N) is 2. The average molecular weight is 370 g/mol. The lowest BCUT2D eigenvalue weighted by molar-refractivity contribution is 0.0929. The van der Waals surface area contributed by atoms with E-state index in [0.717, 1.165) is 16.4 Å².